The first-order valence-corrected chi connectivity index (χ1v) is 16.8. The summed E-state index contributed by atoms with van der Waals surface area (Å²) in [5, 5.41) is 12.9. The highest BCUT2D eigenvalue weighted by Crippen LogP contribution is 2.60. The summed E-state index contributed by atoms with van der Waals surface area (Å²) in [6, 6.07) is 7.57. The number of unbranched alkanes of at least 4 members (excludes halogenated alkanes) is 2. The van der Waals surface area contributed by atoms with Crippen molar-refractivity contribution < 1.29 is 33.8 Å². The van der Waals surface area contributed by atoms with Crippen LogP contribution in [-0.2, 0) is 28.7 Å². The molecule has 3 saturated heterocycles. The Morgan fingerprint density at radius 1 is 1.24 bits per heavy atom. The zero-order valence-electron chi connectivity index (χ0n) is 26.2. The summed E-state index contributed by atoms with van der Waals surface area (Å²) >= 11 is 3.69. The number of hydrogen-bond acceptors (Lipinski definition) is 7. The summed E-state index contributed by atoms with van der Waals surface area (Å²) in [6.07, 6.45) is 5.66. The van der Waals surface area contributed by atoms with E-state index in [1.165, 1.54) is 4.90 Å². The van der Waals surface area contributed by atoms with Crippen molar-refractivity contribution in [3.05, 3.63) is 61.2 Å². The first-order valence-electron chi connectivity index (χ1n) is 15.9. The Balaban J connectivity index is 1.65. The van der Waals surface area contributed by atoms with Gasteiger partial charge in [-0.05, 0) is 31.7 Å². The number of rotatable bonds is 17. The van der Waals surface area contributed by atoms with Gasteiger partial charge in [-0.2, -0.15) is 0 Å². The molecule has 10 nitrogen and oxygen atoms in total. The van der Waals surface area contributed by atoms with Crippen molar-refractivity contribution in [3.63, 3.8) is 0 Å². The van der Waals surface area contributed by atoms with Gasteiger partial charge >= 0.3 is 5.97 Å². The van der Waals surface area contributed by atoms with E-state index in [-0.39, 0.29) is 36.2 Å². The van der Waals surface area contributed by atoms with Crippen LogP contribution in [0, 0.1) is 11.8 Å². The number of hydrogen-bond donors (Lipinski definition) is 2. The van der Waals surface area contributed by atoms with Crippen molar-refractivity contribution >= 4 is 39.6 Å². The zero-order valence-corrected chi connectivity index (χ0v) is 27.8. The van der Waals surface area contributed by atoms with Gasteiger partial charge in [0.05, 0.1) is 30.6 Å². The number of aliphatic hydroxyl groups is 1. The molecule has 45 heavy (non-hydrogen) atoms. The lowest BCUT2D eigenvalue weighted by Gasteiger charge is -2.37. The van der Waals surface area contributed by atoms with E-state index in [0.717, 1.165) is 19.3 Å². The SMILES string of the molecule is C=CCCC(=O)N[C@H](C)[C@@H](OC(=O)[C@@H]1[C@H]2O[C@@]3(CC2Br)[C@H](C(=O)N(CC=C)CCCCC)N(CCO)C(=O)[C@@H]13)c1ccccc1. The smallest absolute Gasteiger partial charge is 0.313 e. The molecule has 1 spiro atoms. The van der Waals surface area contributed by atoms with Crippen LogP contribution in [0.3, 0.4) is 0 Å². The highest BCUT2D eigenvalue weighted by molar-refractivity contribution is 9.09. The molecule has 11 heteroatoms. The minimum atomic E-state index is -1.26. The Kier molecular flexibility index (Phi) is 12.0. The second-order valence-corrected chi connectivity index (χ2v) is 13.3. The average Bonchev–Trinajstić information content (AvgIpc) is 3.62. The summed E-state index contributed by atoms with van der Waals surface area (Å²) in [5.41, 5.74) is -0.570. The molecule has 4 rings (SSSR count). The number of alkyl halides is 1. The molecule has 3 amide bonds. The molecule has 246 valence electrons. The van der Waals surface area contributed by atoms with Gasteiger partial charge in [-0.25, -0.2) is 0 Å². The summed E-state index contributed by atoms with van der Waals surface area (Å²) in [5.74, 6) is -3.45. The maximum absolute atomic E-state index is 14.2. The number of nitrogens with one attached hydrogen (secondary N) is 1. The van der Waals surface area contributed by atoms with E-state index >= 15 is 0 Å². The molecule has 3 heterocycles. The first kappa shape index (κ1) is 34.8. The van der Waals surface area contributed by atoms with E-state index in [0.29, 0.717) is 31.5 Å². The molecule has 0 radical (unpaired) electrons. The largest absolute Gasteiger partial charge is 0.455 e. The van der Waals surface area contributed by atoms with Crippen molar-refractivity contribution in [2.24, 2.45) is 11.8 Å². The van der Waals surface area contributed by atoms with Crippen molar-refractivity contribution in [1.82, 2.24) is 15.1 Å². The third-order valence-corrected chi connectivity index (χ3v) is 9.96. The minimum Gasteiger partial charge on any atom is -0.455 e. The van der Waals surface area contributed by atoms with E-state index in [1.54, 1.807) is 24.0 Å². The van der Waals surface area contributed by atoms with Crippen LogP contribution < -0.4 is 5.32 Å². The molecule has 3 aliphatic rings. The third-order valence-electron chi connectivity index (χ3n) is 9.12. The molecule has 0 saturated carbocycles. The maximum Gasteiger partial charge on any atom is 0.313 e. The summed E-state index contributed by atoms with van der Waals surface area (Å²) in [7, 11) is 0. The summed E-state index contributed by atoms with van der Waals surface area (Å²) in [4.78, 5) is 57.9. The molecule has 8 atom stereocenters. The van der Waals surface area contributed by atoms with Crippen LogP contribution in [0.25, 0.3) is 0 Å². The number of amides is 3. The number of esters is 1. The molecule has 3 aliphatic heterocycles. The van der Waals surface area contributed by atoms with Crippen LogP contribution in [-0.4, -0.2) is 93.5 Å². The number of β-amino-alcohol motifs (C(OH)–C–C–N with tert-alkyl or cyclic N) is 1. The highest BCUT2D eigenvalue weighted by atomic mass is 79.9. The third kappa shape index (κ3) is 7.05. The predicted molar refractivity (Wildman–Crippen MR) is 173 cm³/mol. The number of carbonyl (C=O) groups excluding carboxylic acids is 4. The Morgan fingerprint density at radius 2 is 1.98 bits per heavy atom. The Hall–Kier alpha value is -3.02. The molecule has 0 aromatic heterocycles. The van der Waals surface area contributed by atoms with Gasteiger partial charge < -0.3 is 29.7 Å². The van der Waals surface area contributed by atoms with Gasteiger partial charge in [-0.15, -0.1) is 13.2 Å². The Morgan fingerprint density at radius 3 is 2.62 bits per heavy atom. The molecular formula is C34H46BrN3O7. The second kappa shape index (κ2) is 15.5. The molecule has 1 unspecified atom stereocenters. The van der Waals surface area contributed by atoms with E-state index in [2.05, 4.69) is 41.3 Å². The standard InChI is InChI=1S/C34H46BrN3O7/c1-5-8-13-18-37(17-7-3)32(42)30-34-21-24(35)29(45-34)26(27(34)31(41)38(30)19-20-39)33(43)44-28(23-14-11-10-12-15-23)22(4)36-25(40)16-9-6-2/h6-7,10-12,14-15,22,24,26-30,39H,2-3,5,8-9,13,16-21H2,1,4H3,(H,36,40)/t22-,24?,26+,27-,28-,29+,30+,34-/m1/s1. The Labute approximate surface area is 274 Å². The summed E-state index contributed by atoms with van der Waals surface area (Å²) < 4.78 is 12.8. The van der Waals surface area contributed by atoms with E-state index in [9.17, 15) is 24.3 Å². The monoisotopic (exact) mass is 687 g/mol. The average molecular weight is 689 g/mol. The van der Waals surface area contributed by atoms with Crippen LogP contribution in [0.5, 0.6) is 0 Å². The number of allylic oxidation sites excluding steroid dienone is 1. The van der Waals surface area contributed by atoms with Gasteiger partial charge in [0.2, 0.25) is 17.7 Å². The number of aliphatic hydroxyl groups excluding tert-OH is 1. The van der Waals surface area contributed by atoms with Crippen LogP contribution >= 0.6 is 15.9 Å². The number of ether oxygens (including phenoxy) is 2. The van der Waals surface area contributed by atoms with E-state index < -0.39 is 53.6 Å². The number of carbonyl (C=O) groups is 4. The lowest BCUT2D eigenvalue weighted by molar-refractivity contribution is -0.162. The molecule has 1 aromatic rings. The predicted octanol–water partition coefficient (Wildman–Crippen LogP) is 3.69. The number of halogens is 1. The van der Waals surface area contributed by atoms with Crippen LogP contribution in [0.15, 0.2) is 55.6 Å². The molecule has 1 aromatic carbocycles. The van der Waals surface area contributed by atoms with Gasteiger partial charge in [0, 0.05) is 30.9 Å². The topological polar surface area (TPSA) is 125 Å². The minimum absolute atomic E-state index is 0.0620. The fourth-order valence-electron chi connectivity index (χ4n) is 7.14. The van der Waals surface area contributed by atoms with Crippen LogP contribution in [0.1, 0.15) is 64.0 Å². The quantitative estimate of drug-likeness (QED) is 0.111. The number of nitrogens with zero attached hydrogens (tertiary/aromatic N) is 2. The van der Waals surface area contributed by atoms with Crippen molar-refractivity contribution in [1.29, 1.82) is 0 Å². The summed E-state index contributed by atoms with van der Waals surface area (Å²) in [6.45, 7) is 11.7. The molecule has 3 fully saturated rings. The molecule has 2 bridgehead atoms. The van der Waals surface area contributed by atoms with Crippen molar-refractivity contribution in [2.75, 3.05) is 26.2 Å². The van der Waals surface area contributed by atoms with Crippen molar-refractivity contribution in [3.8, 4) is 0 Å². The van der Waals surface area contributed by atoms with Crippen LogP contribution in [0.2, 0.25) is 0 Å². The van der Waals surface area contributed by atoms with Crippen molar-refractivity contribution in [2.45, 2.75) is 87.1 Å². The Bertz CT molecular complexity index is 1250. The second-order valence-electron chi connectivity index (χ2n) is 12.2. The van der Waals surface area contributed by atoms with Gasteiger partial charge in [-0.3, -0.25) is 19.2 Å². The fourth-order valence-corrected chi connectivity index (χ4v) is 8.08. The molecular weight excluding hydrogens is 642 g/mol. The van der Waals surface area contributed by atoms with Gasteiger partial charge in [0.15, 0.2) is 0 Å². The lowest BCUT2D eigenvalue weighted by Crippen LogP contribution is -2.57. The van der Waals surface area contributed by atoms with E-state index in [4.69, 9.17) is 9.47 Å². The van der Waals surface area contributed by atoms with Gasteiger partial charge in [-0.1, -0.05) is 78.2 Å². The van der Waals surface area contributed by atoms with E-state index in [1.807, 2.05) is 30.3 Å². The number of likely N-dealkylation sites (tertiary alicyclic amines) is 1. The van der Waals surface area contributed by atoms with Crippen LogP contribution in [0.4, 0.5) is 0 Å². The van der Waals surface area contributed by atoms with Gasteiger partial charge in [0.1, 0.15) is 17.7 Å². The van der Waals surface area contributed by atoms with Gasteiger partial charge in [0.25, 0.3) is 0 Å². The highest BCUT2D eigenvalue weighted by Gasteiger charge is 2.77. The molecule has 2 N–H and O–H groups in total. The molecule has 0 aliphatic carbocycles. The fraction of sp³-hybridized carbons (Fsp3) is 0.588. The lowest BCUT2D eigenvalue weighted by atomic mass is 9.70. The first-order chi connectivity index (χ1) is 21.6. The number of benzene rings is 1. The normalized spacial score (nSPS) is 27.9. The maximum atomic E-state index is 14.2. The zero-order chi connectivity index (χ0) is 32.7. The number of fused-ring (bicyclic) bond motifs is 1.